The molecule has 0 radical (unpaired) electrons. The van der Waals surface area contributed by atoms with Crippen molar-refractivity contribution in [1.29, 1.82) is 0 Å². The molecule has 0 aromatic carbocycles. The highest BCUT2D eigenvalue weighted by Gasteiger charge is 2.10. The molecule has 2 aromatic heterocycles. The van der Waals surface area contributed by atoms with Gasteiger partial charge < -0.3 is 29.3 Å². The van der Waals surface area contributed by atoms with Crippen molar-refractivity contribution in [2.24, 2.45) is 0 Å². The van der Waals surface area contributed by atoms with Gasteiger partial charge in [-0.3, -0.25) is 4.98 Å². The Bertz CT molecular complexity index is 493. The zero-order valence-electron chi connectivity index (χ0n) is 12.1. The van der Waals surface area contributed by atoms with Gasteiger partial charge >= 0.3 is 0 Å². The van der Waals surface area contributed by atoms with Gasteiger partial charge in [0.25, 0.3) is 0 Å². The van der Waals surface area contributed by atoms with Crippen LogP contribution in [0.5, 0.6) is 0 Å². The van der Waals surface area contributed by atoms with Crippen LogP contribution in [0.25, 0.3) is 11.1 Å². The number of pyridine rings is 2. The van der Waals surface area contributed by atoms with E-state index < -0.39 is 0 Å². The van der Waals surface area contributed by atoms with Crippen LogP contribution in [0.2, 0.25) is 0 Å². The fourth-order valence-corrected chi connectivity index (χ4v) is 1.76. The van der Waals surface area contributed by atoms with Crippen molar-refractivity contribution >= 4 is 0 Å². The number of aromatic nitrogens is 2. The van der Waals surface area contributed by atoms with Crippen LogP contribution in [0.4, 0.5) is 0 Å². The number of hydrogen-bond donors (Lipinski definition) is 0. The molecule has 0 aliphatic rings. The summed E-state index contributed by atoms with van der Waals surface area (Å²) in [4.78, 5) is 4.04. The first kappa shape index (κ1) is 18.8. The molecule has 0 atom stereocenters. The highest BCUT2D eigenvalue weighted by molar-refractivity contribution is 5.61. The van der Waals surface area contributed by atoms with E-state index in [1.807, 2.05) is 24.5 Å². The van der Waals surface area contributed by atoms with Gasteiger partial charge in [-0.25, -0.2) is 0 Å². The molecule has 0 unspecified atom stereocenters. The molecule has 0 fully saturated rings. The molecular formula is C15H21Cl2N3. The van der Waals surface area contributed by atoms with Crippen LogP contribution in [-0.4, -0.2) is 37.2 Å². The van der Waals surface area contributed by atoms with Gasteiger partial charge in [-0.05, 0) is 23.3 Å². The van der Waals surface area contributed by atoms with Crippen molar-refractivity contribution in [1.82, 2.24) is 4.98 Å². The summed E-state index contributed by atoms with van der Waals surface area (Å²) in [6.45, 7) is 2.17. The number of quaternary nitrogens is 1. The lowest BCUT2D eigenvalue weighted by atomic mass is 10.1. The summed E-state index contributed by atoms with van der Waals surface area (Å²) < 4.78 is 3.22. The van der Waals surface area contributed by atoms with Crippen LogP contribution in [0.3, 0.4) is 0 Å². The van der Waals surface area contributed by atoms with Crippen LogP contribution >= 0.6 is 0 Å². The molecule has 0 N–H and O–H groups in total. The lowest BCUT2D eigenvalue weighted by molar-refractivity contribution is -0.892. The molecule has 0 saturated heterocycles. The van der Waals surface area contributed by atoms with E-state index in [1.54, 1.807) is 0 Å². The highest BCUT2D eigenvalue weighted by atomic mass is 35.5. The van der Waals surface area contributed by atoms with Gasteiger partial charge in [0.15, 0.2) is 18.9 Å². The molecule has 0 saturated carbocycles. The minimum atomic E-state index is 0. The van der Waals surface area contributed by atoms with Gasteiger partial charge in [0.2, 0.25) is 0 Å². The second-order valence-electron chi connectivity index (χ2n) is 5.57. The van der Waals surface area contributed by atoms with Crippen molar-refractivity contribution in [2.75, 3.05) is 27.7 Å². The fraction of sp³-hybridized carbons (Fsp3) is 0.333. The Morgan fingerprint density at radius 2 is 1.40 bits per heavy atom. The Labute approximate surface area is 133 Å². The third kappa shape index (κ3) is 5.87. The van der Waals surface area contributed by atoms with Gasteiger partial charge in [0.1, 0.15) is 6.54 Å². The lowest BCUT2D eigenvalue weighted by Crippen LogP contribution is -3.00. The van der Waals surface area contributed by atoms with Crippen LogP contribution in [-0.2, 0) is 6.54 Å². The molecule has 0 aliphatic carbocycles. The van der Waals surface area contributed by atoms with Crippen LogP contribution in [0.15, 0.2) is 49.1 Å². The molecule has 2 rings (SSSR count). The molecule has 2 aromatic rings. The summed E-state index contributed by atoms with van der Waals surface area (Å²) in [7, 11) is 6.64. The van der Waals surface area contributed by atoms with Gasteiger partial charge in [-0.15, -0.1) is 0 Å². The molecule has 110 valence electrons. The number of likely N-dealkylation sites (N-methyl/N-ethyl adjacent to an activating group) is 1. The normalized spacial score (nSPS) is 10.3. The average molecular weight is 314 g/mol. The summed E-state index contributed by atoms with van der Waals surface area (Å²) in [6.07, 6.45) is 7.94. The van der Waals surface area contributed by atoms with Gasteiger partial charge in [0, 0.05) is 24.5 Å². The molecule has 0 bridgehead atoms. The largest absolute Gasteiger partial charge is 1.00 e. The smallest absolute Gasteiger partial charge is 0.196 e. The molecule has 0 spiro atoms. The Morgan fingerprint density at radius 3 is 1.90 bits per heavy atom. The SMILES string of the molecule is C[N+](C)(C)CC[n+]1ccc(-c2ccncc2)cc1.[Cl-].[Cl-]. The van der Waals surface area contributed by atoms with Gasteiger partial charge in [-0.2, -0.15) is 4.57 Å². The first-order valence-electron chi connectivity index (χ1n) is 6.24. The lowest BCUT2D eigenvalue weighted by Gasteiger charge is -2.21. The third-order valence-electron chi connectivity index (χ3n) is 2.93. The van der Waals surface area contributed by atoms with Crippen molar-refractivity contribution in [3.8, 4) is 11.1 Å². The Balaban J connectivity index is 0.00000180. The molecule has 0 aliphatic heterocycles. The van der Waals surface area contributed by atoms with Crippen molar-refractivity contribution in [3.63, 3.8) is 0 Å². The topological polar surface area (TPSA) is 16.8 Å². The minimum absolute atomic E-state index is 0. The van der Waals surface area contributed by atoms with Crippen molar-refractivity contribution in [2.45, 2.75) is 6.54 Å². The monoisotopic (exact) mass is 313 g/mol. The maximum absolute atomic E-state index is 4.04. The van der Waals surface area contributed by atoms with Crippen LogP contribution < -0.4 is 29.4 Å². The minimum Gasteiger partial charge on any atom is -1.00 e. The van der Waals surface area contributed by atoms with Gasteiger partial charge in [-0.1, -0.05) is 0 Å². The van der Waals surface area contributed by atoms with E-state index in [2.05, 4.69) is 55.2 Å². The molecular weight excluding hydrogens is 293 g/mol. The molecule has 5 heteroatoms. The predicted octanol–water partition coefficient (Wildman–Crippen LogP) is -4.25. The van der Waals surface area contributed by atoms with Crippen LogP contribution in [0.1, 0.15) is 0 Å². The molecule has 3 nitrogen and oxygen atoms in total. The summed E-state index contributed by atoms with van der Waals surface area (Å²) in [5.74, 6) is 0. The number of halogens is 2. The molecule has 2 heterocycles. The van der Waals surface area contributed by atoms with E-state index in [4.69, 9.17) is 0 Å². The quantitative estimate of drug-likeness (QED) is 0.413. The van der Waals surface area contributed by atoms with E-state index in [9.17, 15) is 0 Å². The number of hydrogen-bond acceptors (Lipinski definition) is 1. The highest BCUT2D eigenvalue weighted by Crippen LogP contribution is 2.15. The maximum Gasteiger partial charge on any atom is 0.196 e. The van der Waals surface area contributed by atoms with Crippen molar-refractivity contribution < 1.29 is 33.9 Å². The first-order valence-corrected chi connectivity index (χ1v) is 6.24. The number of rotatable bonds is 4. The zero-order chi connectivity index (χ0) is 13.0. The van der Waals surface area contributed by atoms with E-state index >= 15 is 0 Å². The van der Waals surface area contributed by atoms with Gasteiger partial charge in [0.05, 0.1) is 21.1 Å². The summed E-state index contributed by atoms with van der Waals surface area (Å²) in [5, 5.41) is 0. The standard InChI is InChI=1S/C15H21N3.2ClH/c1-18(2,3)13-12-17-10-6-15(7-11-17)14-4-8-16-9-5-14;;/h4-11H,12-13H2,1-3H3;2*1H/q+2;;/p-2. The van der Waals surface area contributed by atoms with Crippen molar-refractivity contribution in [3.05, 3.63) is 49.1 Å². The van der Waals surface area contributed by atoms with E-state index in [-0.39, 0.29) is 24.8 Å². The summed E-state index contributed by atoms with van der Waals surface area (Å²) >= 11 is 0. The predicted molar refractivity (Wildman–Crippen MR) is 72.8 cm³/mol. The number of nitrogens with zero attached hydrogens (tertiary/aromatic N) is 3. The molecule has 20 heavy (non-hydrogen) atoms. The fourth-order valence-electron chi connectivity index (χ4n) is 1.76. The maximum atomic E-state index is 4.04. The average Bonchev–Trinajstić information content (AvgIpc) is 2.37. The summed E-state index contributed by atoms with van der Waals surface area (Å²) in [5.41, 5.74) is 2.45. The first-order chi connectivity index (χ1) is 8.54. The van der Waals surface area contributed by atoms with E-state index in [0.717, 1.165) is 17.6 Å². The zero-order valence-corrected chi connectivity index (χ0v) is 13.6. The third-order valence-corrected chi connectivity index (χ3v) is 2.93. The van der Waals surface area contributed by atoms with Crippen LogP contribution in [0, 0.1) is 0 Å². The van der Waals surface area contributed by atoms with E-state index in [0.29, 0.717) is 0 Å². The summed E-state index contributed by atoms with van der Waals surface area (Å²) in [6, 6.07) is 8.38. The Hall–Kier alpha value is -1.16. The second kappa shape index (κ2) is 8.20. The molecule has 0 amide bonds. The Morgan fingerprint density at radius 1 is 0.900 bits per heavy atom. The second-order valence-corrected chi connectivity index (χ2v) is 5.57. The van der Waals surface area contributed by atoms with E-state index in [1.165, 1.54) is 11.1 Å². The Kier molecular flexibility index (Phi) is 7.72.